The van der Waals surface area contributed by atoms with E-state index in [9.17, 15) is 0 Å². The lowest BCUT2D eigenvalue weighted by molar-refractivity contribution is 0.777. The van der Waals surface area contributed by atoms with Gasteiger partial charge in [-0.05, 0) is 26.7 Å². The molecule has 0 saturated heterocycles. The van der Waals surface area contributed by atoms with Crippen molar-refractivity contribution in [3.05, 3.63) is 0 Å². The number of nitrogens with one attached hydrogen (secondary N) is 1. The van der Waals surface area contributed by atoms with Crippen molar-refractivity contribution in [2.24, 2.45) is 9.39 Å². The standard InChI is InChI=1S/C7H11N3S/c1-4-3-6(8)7(10-11)5(2)9-4/h4,8,11H,3H2,1-2H3. The van der Waals surface area contributed by atoms with Crippen molar-refractivity contribution in [2.45, 2.75) is 26.3 Å². The van der Waals surface area contributed by atoms with Crippen molar-refractivity contribution >= 4 is 29.9 Å². The lowest BCUT2D eigenvalue weighted by Gasteiger charge is -2.16. The summed E-state index contributed by atoms with van der Waals surface area (Å²) in [5.74, 6) is 0. The minimum absolute atomic E-state index is 0.223. The summed E-state index contributed by atoms with van der Waals surface area (Å²) in [4.78, 5) is 4.28. The molecule has 0 saturated carbocycles. The molecule has 3 nitrogen and oxygen atoms in total. The van der Waals surface area contributed by atoms with Crippen LogP contribution < -0.4 is 0 Å². The monoisotopic (exact) mass is 169 g/mol. The van der Waals surface area contributed by atoms with Gasteiger partial charge >= 0.3 is 0 Å². The number of thiol groups is 1. The van der Waals surface area contributed by atoms with Crippen LogP contribution in [0.3, 0.4) is 0 Å². The van der Waals surface area contributed by atoms with E-state index >= 15 is 0 Å². The van der Waals surface area contributed by atoms with Crippen molar-refractivity contribution in [1.29, 1.82) is 5.41 Å². The van der Waals surface area contributed by atoms with E-state index in [2.05, 4.69) is 22.2 Å². The first-order valence-electron chi connectivity index (χ1n) is 3.49. The molecule has 0 aliphatic carbocycles. The van der Waals surface area contributed by atoms with Crippen LogP contribution >= 0.6 is 12.8 Å². The highest BCUT2D eigenvalue weighted by Crippen LogP contribution is 2.09. The average Bonchev–Trinajstić information content (AvgIpc) is 1.85. The summed E-state index contributed by atoms with van der Waals surface area (Å²) >= 11 is 3.78. The van der Waals surface area contributed by atoms with Crippen LogP contribution in [0.1, 0.15) is 20.3 Å². The van der Waals surface area contributed by atoms with Crippen LogP contribution in [-0.2, 0) is 0 Å². The summed E-state index contributed by atoms with van der Waals surface area (Å²) in [7, 11) is 0. The van der Waals surface area contributed by atoms with Crippen LogP contribution in [-0.4, -0.2) is 23.2 Å². The maximum absolute atomic E-state index is 7.55. The van der Waals surface area contributed by atoms with Crippen LogP contribution in [0.15, 0.2) is 9.39 Å². The molecule has 1 aliphatic heterocycles. The van der Waals surface area contributed by atoms with Gasteiger partial charge < -0.3 is 5.41 Å². The zero-order valence-corrected chi connectivity index (χ0v) is 7.52. The third kappa shape index (κ3) is 1.68. The van der Waals surface area contributed by atoms with E-state index in [-0.39, 0.29) is 6.04 Å². The highest BCUT2D eigenvalue weighted by molar-refractivity contribution is 7.79. The van der Waals surface area contributed by atoms with Gasteiger partial charge in [0.2, 0.25) is 0 Å². The molecule has 0 aromatic rings. The molecule has 1 unspecified atom stereocenters. The molecule has 60 valence electrons. The molecule has 0 bridgehead atoms. The fourth-order valence-electron chi connectivity index (χ4n) is 1.18. The van der Waals surface area contributed by atoms with Gasteiger partial charge in [0, 0.05) is 6.42 Å². The van der Waals surface area contributed by atoms with E-state index in [1.807, 2.05) is 13.8 Å². The predicted octanol–water partition coefficient (Wildman–Crippen LogP) is 1.55. The SMILES string of the molecule is CC1=NC(C)CC(=N)C1=NS. The second-order valence-corrected chi connectivity index (χ2v) is 2.89. The summed E-state index contributed by atoms with van der Waals surface area (Å²) in [6.45, 7) is 3.85. The van der Waals surface area contributed by atoms with Crippen molar-refractivity contribution in [3.63, 3.8) is 0 Å². The number of hydrogen-bond acceptors (Lipinski definition) is 4. The summed E-state index contributed by atoms with van der Waals surface area (Å²) in [5, 5.41) is 7.55. The Labute approximate surface area is 71.7 Å². The Kier molecular flexibility index (Phi) is 2.44. The van der Waals surface area contributed by atoms with Gasteiger partial charge in [0.15, 0.2) is 0 Å². The van der Waals surface area contributed by atoms with Gasteiger partial charge in [-0.25, -0.2) is 4.40 Å². The van der Waals surface area contributed by atoms with Crippen molar-refractivity contribution in [2.75, 3.05) is 0 Å². The third-order valence-electron chi connectivity index (χ3n) is 1.64. The van der Waals surface area contributed by atoms with E-state index in [1.165, 1.54) is 0 Å². The lowest BCUT2D eigenvalue weighted by Crippen LogP contribution is -2.29. The van der Waals surface area contributed by atoms with Crippen molar-refractivity contribution in [3.8, 4) is 0 Å². The van der Waals surface area contributed by atoms with Crippen LogP contribution in [0.2, 0.25) is 0 Å². The molecule has 0 spiro atoms. The maximum atomic E-state index is 7.55. The molecule has 1 aliphatic rings. The molecule has 0 amide bonds. The summed E-state index contributed by atoms with van der Waals surface area (Å²) in [6.07, 6.45) is 0.677. The fraction of sp³-hybridized carbons (Fsp3) is 0.571. The molecular formula is C7H11N3S. The Hall–Kier alpha value is -0.640. The average molecular weight is 169 g/mol. The van der Waals surface area contributed by atoms with E-state index < -0.39 is 0 Å². The van der Waals surface area contributed by atoms with Crippen LogP contribution in [0.25, 0.3) is 0 Å². The second kappa shape index (κ2) is 3.17. The van der Waals surface area contributed by atoms with Crippen LogP contribution in [0, 0.1) is 5.41 Å². The number of rotatable bonds is 0. The minimum atomic E-state index is 0.223. The molecule has 4 heteroatoms. The first kappa shape index (κ1) is 8.46. The fourth-order valence-corrected chi connectivity index (χ4v) is 1.45. The van der Waals surface area contributed by atoms with Gasteiger partial charge in [0.1, 0.15) is 5.71 Å². The number of nitrogens with zero attached hydrogens (tertiary/aromatic N) is 2. The first-order valence-corrected chi connectivity index (χ1v) is 3.89. The zero-order valence-electron chi connectivity index (χ0n) is 6.63. The highest BCUT2D eigenvalue weighted by Gasteiger charge is 2.18. The zero-order chi connectivity index (χ0) is 8.43. The van der Waals surface area contributed by atoms with Gasteiger partial charge in [-0.2, -0.15) is 0 Å². The van der Waals surface area contributed by atoms with Crippen LogP contribution in [0.5, 0.6) is 0 Å². The molecule has 1 N–H and O–H groups in total. The second-order valence-electron chi connectivity index (χ2n) is 2.69. The predicted molar refractivity (Wildman–Crippen MR) is 51.3 cm³/mol. The summed E-state index contributed by atoms with van der Waals surface area (Å²) in [6, 6.07) is 0.223. The molecular weight excluding hydrogens is 158 g/mol. The Morgan fingerprint density at radius 1 is 1.73 bits per heavy atom. The summed E-state index contributed by atoms with van der Waals surface area (Å²) < 4.78 is 3.70. The van der Waals surface area contributed by atoms with Crippen molar-refractivity contribution in [1.82, 2.24) is 0 Å². The third-order valence-corrected chi connectivity index (χ3v) is 1.84. The maximum Gasteiger partial charge on any atom is 0.112 e. The molecule has 1 heterocycles. The quantitative estimate of drug-likeness (QED) is 0.517. The smallest absolute Gasteiger partial charge is 0.112 e. The van der Waals surface area contributed by atoms with Crippen LogP contribution in [0.4, 0.5) is 0 Å². The molecule has 0 fully saturated rings. The highest BCUT2D eigenvalue weighted by atomic mass is 32.1. The van der Waals surface area contributed by atoms with Gasteiger partial charge in [-0.15, -0.1) is 0 Å². The Balaban J connectivity index is 2.99. The van der Waals surface area contributed by atoms with Gasteiger partial charge in [-0.1, -0.05) is 0 Å². The topological polar surface area (TPSA) is 48.6 Å². The largest absolute Gasteiger partial charge is 0.303 e. The van der Waals surface area contributed by atoms with E-state index in [4.69, 9.17) is 5.41 Å². The lowest BCUT2D eigenvalue weighted by atomic mass is 10.0. The number of aliphatic imine (C=N–C) groups is 1. The molecule has 1 atom stereocenters. The number of hydrogen-bond donors (Lipinski definition) is 2. The minimum Gasteiger partial charge on any atom is -0.303 e. The Bertz CT molecular complexity index is 242. The summed E-state index contributed by atoms with van der Waals surface area (Å²) in [5.41, 5.74) is 2.00. The van der Waals surface area contributed by atoms with Gasteiger partial charge in [-0.3, -0.25) is 4.99 Å². The molecule has 1 rings (SSSR count). The van der Waals surface area contributed by atoms with E-state index in [1.54, 1.807) is 0 Å². The molecule has 11 heavy (non-hydrogen) atoms. The first-order chi connectivity index (χ1) is 5.15. The molecule has 0 aromatic heterocycles. The molecule has 0 radical (unpaired) electrons. The van der Waals surface area contributed by atoms with Gasteiger partial charge in [0.25, 0.3) is 0 Å². The Morgan fingerprint density at radius 3 is 2.82 bits per heavy atom. The van der Waals surface area contributed by atoms with E-state index in [0.717, 1.165) is 5.71 Å². The van der Waals surface area contributed by atoms with Crippen molar-refractivity contribution < 1.29 is 0 Å². The van der Waals surface area contributed by atoms with Gasteiger partial charge in [0.05, 0.1) is 17.5 Å². The normalized spacial score (nSPS) is 29.0. The van der Waals surface area contributed by atoms with E-state index in [0.29, 0.717) is 17.8 Å². The molecule has 0 aromatic carbocycles. The Morgan fingerprint density at radius 2 is 2.36 bits per heavy atom.